The monoisotopic (exact) mass is 293 g/mol. The zero-order valence-corrected chi connectivity index (χ0v) is 12.1. The van der Waals surface area contributed by atoms with E-state index in [1.54, 1.807) is 0 Å². The summed E-state index contributed by atoms with van der Waals surface area (Å²) in [5.74, 6) is 0. The maximum Gasteiger partial charge on any atom is 0.416 e. The molecule has 4 heteroatoms. The van der Waals surface area contributed by atoms with E-state index < -0.39 is 11.7 Å². The molecule has 2 rings (SSSR count). The fraction of sp³-hybridized carbons (Fsp3) is 0.294. The van der Waals surface area contributed by atoms with Crippen molar-refractivity contribution in [2.24, 2.45) is 0 Å². The van der Waals surface area contributed by atoms with Gasteiger partial charge in [-0.15, -0.1) is 0 Å². The van der Waals surface area contributed by atoms with Gasteiger partial charge in [-0.3, -0.25) is 0 Å². The summed E-state index contributed by atoms with van der Waals surface area (Å²) in [7, 11) is 0. The van der Waals surface area contributed by atoms with Gasteiger partial charge in [0.1, 0.15) is 0 Å². The summed E-state index contributed by atoms with van der Waals surface area (Å²) in [6, 6.07) is 11.3. The molecule has 0 amide bonds. The number of benzene rings is 2. The summed E-state index contributed by atoms with van der Waals surface area (Å²) in [5.41, 5.74) is 3.38. The first kappa shape index (κ1) is 15.6. The molecule has 0 aliphatic carbocycles. The first-order valence-corrected chi connectivity index (χ1v) is 6.89. The molecule has 0 atom stereocenters. The van der Waals surface area contributed by atoms with Gasteiger partial charge in [0.25, 0.3) is 0 Å². The van der Waals surface area contributed by atoms with Gasteiger partial charge in [0.15, 0.2) is 0 Å². The fourth-order valence-electron chi connectivity index (χ4n) is 2.27. The summed E-state index contributed by atoms with van der Waals surface area (Å²) in [4.78, 5) is 0. The quantitative estimate of drug-likeness (QED) is 0.854. The van der Waals surface area contributed by atoms with E-state index in [9.17, 15) is 13.2 Å². The number of rotatable bonds is 4. The van der Waals surface area contributed by atoms with Crippen molar-refractivity contribution >= 4 is 0 Å². The van der Waals surface area contributed by atoms with Crippen LogP contribution in [0, 0.1) is 6.92 Å². The van der Waals surface area contributed by atoms with Crippen LogP contribution in [0.15, 0.2) is 42.5 Å². The Morgan fingerprint density at radius 2 is 1.67 bits per heavy atom. The molecule has 112 valence electrons. The standard InChI is InChI=1S/C17H18F3N/c1-3-21-11-13-4-9-16(12(2)10-13)14-5-7-15(8-6-14)17(18,19)20/h4-10,21H,3,11H2,1-2H3. The van der Waals surface area contributed by atoms with E-state index in [1.165, 1.54) is 17.7 Å². The highest BCUT2D eigenvalue weighted by Crippen LogP contribution is 2.31. The van der Waals surface area contributed by atoms with Gasteiger partial charge < -0.3 is 5.32 Å². The lowest BCUT2D eigenvalue weighted by Gasteiger charge is -2.11. The second-order valence-electron chi connectivity index (χ2n) is 5.00. The van der Waals surface area contributed by atoms with E-state index >= 15 is 0 Å². The highest BCUT2D eigenvalue weighted by atomic mass is 19.4. The van der Waals surface area contributed by atoms with Crippen LogP contribution in [-0.4, -0.2) is 6.54 Å². The van der Waals surface area contributed by atoms with Crippen LogP contribution < -0.4 is 5.32 Å². The lowest BCUT2D eigenvalue weighted by molar-refractivity contribution is -0.137. The highest BCUT2D eigenvalue weighted by Gasteiger charge is 2.29. The molecule has 0 saturated carbocycles. The summed E-state index contributed by atoms with van der Waals surface area (Å²) >= 11 is 0. The van der Waals surface area contributed by atoms with Crippen LogP contribution in [0.25, 0.3) is 11.1 Å². The lowest BCUT2D eigenvalue weighted by atomic mass is 9.97. The molecule has 0 aliphatic heterocycles. The molecule has 2 aromatic rings. The number of hydrogen-bond acceptors (Lipinski definition) is 1. The smallest absolute Gasteiger partial charge is 0.313 e. The lowest BCUT2D eigenvalue weighted by Crippen LogP contribution is -2.11. The Balaban J connectivity index is 2.26. The van der Waals surface area contributed by atoms with Crippen molar-refractivity contribution in [2.75, 3.05) is 6.54 Å². The Morgan fingerprint density at radius 1 is 1.00 bits per heavy atom. The molecule has 1 nitrogen and oxygen atoms in total. The van der Waals surface area contributed by atoms with Gasteiger partial charge in [0, 0.05) is 6.54 Å². The predicted molar refractivity (Wildman–Crippen MR) is 79.0 cm³/mol. The average Bonchev–Trinajstić information content (AvgIpc) is 2.44. The number of nitrogens with one attached hydrogen (secondary N) is 1. The second kappa shape index (κ2) is 6.31. The van der Waals surface area contributed by atoms with Crippen LogP contribution in [0.2, 0.25) is 0 Å². The van der Waals surface area contributed by atoms with Crippen LogP contribution in [0.1, 0.15) is 23.6 Å². The van der Waals surface area contributed by atoms with E-state index in [4.69, 9.17) is 0 Å². The number of hydrogen-bond donors (Lipinski definition) is 1. The van der Waals surface area contributed by atoms with Gasteiger partial charge >= 0.3 is 6.18 Å². The Labute approximate surface area is 122 Å². The Hall–Kier alpha value is -1.81. The Bertz CT molecular complexity index is 600. The van der Waals surface area contributed by atoms with Crippen molar-refractivity contribution in [3.8, 4) is 11.1 Å². The SMILES string of the molecule is CCNCc1ccc(-c2ccc(C(F)(F)F)cc2)c(C)c1. The molecule has 0 saturated heterocycles. The number of halogens is 3. The maximum absolute atomic E-state index is 12.6. The van der Waals surface area contributed by atoms with Crippen LogP contribution >= 0.6 is 0 Å². The van der Waals surface area contributed by atoms with Crippen LogP contribution in [0.3, 0.4) is 0 Å². The van der Waals surface area contributed by atoms with Crippen LogP contribution in [-0.2, 0) is 12.7 Å². The second-order valence-corrected chi connectivity index (χ2v) is 5.00. The largest absolute Gasteiger partial charge is 0.416 e. The van der Waals surface area contributed by atoms with Gasteiger partial charge in [-0.2, -0.15) is 13.2 Å². The predicted octanol–water partition coefficient (Wildman–Crippen LogP) is 4.79. The normalized spacial score (nSPS) is 11.7. The van der Waals surface area contributed by atoms with Crippen molar-refractivity contribution < 1.29 is 13.2 Å². The third-order valence-corrected chi connectivity index (χ3v) is 3.39. The third kappa shape index (κ3) is 3.85. The third-order valence-electron chi connectivity index (χ3n) is 3.39. The summed E-state index contributed by atoms with van der Waals surface area (Å²) in [5, 5.41) is 3.25. The van der Waals surface area contributed by atoms with E-state index in [-0.39, 0.29) is 0 Å². The highest BCUT2D eigenvalue weighted by molar-refractivity contribution is 5.67. The maximum atomic E-state index is 12.6. The molecule has 0 heterocycles. The number of aryl methyl sites for hydroxylation is 1. The van der Waals surface area contributed by atoms with Crippen molar-refractivity contribution in [3.05, 3.63) is 59.2 Å². The molecular weight excluding hydrogens is 275 g/mol. The first-order valence-electron chi connectivity index (χ1n) is 6.89. The van der Waals surface area contributed by atoms with E-state index in [0.29, 0.717) is 0 Å². The molecule has 21 heavy (non-hydrogen) atoms. The molecular formula is C17H18F3N. The molecule has 1 N–H and O–H groups in total. The Kier molecular flexibility index (Phi) is 4.68. The minimum atomic E-state index is -4.29. The topological polar surface area (TPSA) is 12.0 Å². The van der Waals surface area contributed by atoms with Gasteiger partial charge in [-0.1, -0.05) is 37.3 Å². The first-order chi connectivity index (χ1) is 9.91. The summed E-state index contributed by atoms with van der Waals surface area (Å²) in [6.07, 6.45) is -4.29. The zero-order valence-electron chi connectivity index (χ0n) is 12.1. The minimum absolute atomic E-state index is 0.618. The fourth-order valence-corrected chi connectivity index (χ4v) is 2.27. The molecule has 0 radical (unpaired) electrons. The van der Waals surface area contributed by atoms with Gasteiger partial charge in [-0.25, -0.2) is 0 Å². The molecule has 0 aliphatic rings. The van der Waals surface area contributed by atoms with E-state index in [0.717, 1.165) is 41.9 Å². The number of alkyl halides is 3. The van der Waals surface area contributed by atoms with E-state index in [2.05, 4.69) is 11.4 Å². The van der Waals surface area contributed by atoms with Crippen molar-refractivity contribution in [1.82, 2.24) is 5.32 Å². The molecule has 0 bridgehead atoms. The van der Waals surface area contributed by atoms with Gasteiger partial charge in [0.05, 0.1) is 5.56 Å². The van der Waals surface area contributed by atoms with E-state index in [1.807, 2.05) is 26.0 Å². The molecule has 0 aromatic heterocycles. The van der Waals surface area contributed by atoms with Crippen molar-refractivity contribution in [3.63, 3.8) is 0 Å². The van der Waals surface area contributed by atoms with Gasteiger partial charge in [0.2, 0.25) is 0 Å². The van der Waals surface area contributed by atoms with Crippen LogP contribution in [0.4, 0.5) is 13.2 Å². The average molecular weight is 293 g/mol. The van der Waals surface area contributed by atoms with Crippen LogP contribution in [0.5, 0.6) is 0 Å². The van der Waals surface area contributed by atoms with Crippen molar-refractivity contribution in [1.29, 1.82) is 0 Å². The molecule has 0 spiro atoms. The molecule has 0 fully saturated rings. The summed E-state index contributed by atoms with van der Waals surface area (Å²) in [6.45, 7) is 5.72. The summed E-state index contributed by atoms with van der Waals surface area (Å²) < 4.78 is 37.7. The van der Waals surface area contributed by atoms with Crippen molar-refractivity contribution in [2.45, 2.75) is 26.6 Å². The minimum Gasteiger partial charge on any atom is -0.313 e. The Morgan fingerprint density at radius 3 is 2.19 bits per heavy atom. The molecule has 0 unspecified atom stereocenters. The zero-order chi connectivity index (χ0) is 15.5. The molecule has 2 aromatic carbocycles. The van der Waals surface area contributed by atoms with Gasteiger partial charge in [-0.05, 0) is 47.9 Å².